The van der Waals surface area contributed by atoms with Crippen LogP contribution < -0.4 is 16.4 Å². The fourth-order valence-electron chi connectivity index (χ4n) is 3.70. The molecule has 0 aliphatic carbocycles. The number of nitro benzene ring substituents is 3. The maximum Gasteiger partial charge on any atom is 0.488 e. The number of hydrogen-bond acceptors (Lipinski definition) is 17. The van der Waals surface area contributed by atoms with Gasteiger partial charge in [-0.2, -0.15) is 0 Å². The number of carboxylic acid groups (broad SMARTS) is 2. The number of halogens is 1. The molecule has 0 aromatic heterocycles. The number of nitro groups is 3. The Labute approximate surface area is 296 Å². The third kappa shape index (κ3) is 15.1. The number of carboxylic acids is 2. The minimum Gasteiger partial charge on any atom is -0.480 e. The van der Waals surface area contributed by atoms with Gasteiger partial charge in [0.15, 0.2) is 5.78 Å². The van der Waals surface area contributed by atoms with Gasteiger partial charge < -0.3 is 45.1 Å². The topological polar surface area (TPSA) is 369 Å². The van der Waals surface area contributed by atoms with Gasteiger partial charge in [-0.3, -0.25) is 39.9 Å². The summed E-state index contributed by atoms with van der Waals surface area (Å²) < 4.78 is 4.77. The summed E-state index contributed by atoms with van der Waals surface area (Å²) in [6, 6.07) is 8.87. The van der Waals surface area contributed by atoms with Gasteiger partial charge in [-0.25, -0.2) is 9.59 Å². The lowest BCUT2D eigenvalue weighted by Gasteiger charge is -2.05. The molecular formula is C26H25B3ClN3O19. The molecule has 52 heavy (non-hydrogen) atoms. The summed E-state index contributed by atoms with van der Waals surface area (Å²) in [7, 11) is -5.76. The number of ketones is 1. The molecule has 274 valence electrons. The largest absolute Gasteiger partial charge is 0.488 e. The number of carbonyl (C=O) groups excluding carboxylic acids is 2. The molecule has 3 aromatic carbocycles. The highest BCUT2D eigenvalue weighted by Crippen LogP contribution is 2.16. The van der Waals surface area contributed by atoms with Gasteiger partial charge in [-0.1, -0.05) is 6.07 Å². The quantitative estimate of drug-likeness (QED) is 0.0207. The highest BCUT2D eigenvalue weighted by atomic mass is 35.5. The molecule has 0 saturated carbocycles. The highest BCUT2D eigenvalue weighted by molar-refractivity contribution is 6.68. The summed E-state index contributed by atoms with van der Waals surface area (Å²) in [4.78, 5) is 72.8. The van der Waals surface area contributed by atoms with Gasteiger partial charge in [0.05, 0.1) is 20.3 Å². The normalized spacial score (nSPS) is 9.98. The number of carbonyl (C=O) groups is 4. The average molecular weight is 751 g/mol. The smallest absolute Gasteiger partial charge is 0.480 e. The van der Waals surface area contributed by atoms with Gasteiger partial charge in [0.1, 0.15) is 6.61 Å². The fourth-order valence-corrected chi connectivity index (χ4v) is 3.81. The van der Waals surface area contributed by atoms with Gasteiger partial charge in [0.2, 0.25) is 0 Å². The third-order valence-corrected chi connectivity index (χ3v) is 6.28. The average Bonchev–Trinajstić information content (AvgIpc) is 3.07. The van der Waals surface area contributed by atoms with Crippen LogP contribution in [0.1, 0.15) is 43.9 Å². The Morgan fingerprint density at radius 3 is 1.33 bits per heavy atom. The zero-order chi connectivity index (χ0) is 39.9. The van der Waals surface area contributed by atoms with E-state index in [4.69, 9.17) is 56.7 Å². The molecule has 0 aliphatic rings. The summed E-state index contributed by atoms with van der Waals surface area (Å²) in [5, 5.41) is 101. The van der Waals surface area contributed by atoms with Gasteiger partial charge >= 0.3 is 33.3 Å². The molecule has 0 bridgehead atoms. The van der Waals surface area contributed by atoms with Crippen LogP contribution in [0, 0.1) is 30.3 Å². The summed E-state index contributed by atoms with van der Waals surface area (Å²) in [6.07, 6.45) is 0.230. The van der Waals surface area contributed by atoms with Crippen LogP contribution >= 0.6 is 11.6 Å². The molecule has 0 unspecified atom stereocenters. The van der Waals surface area contributed by atoms with E-state index in [1.165, 1.54) is 0 Å². The lowest BCUT2D eigenvalue weighted by atomic mass is 9.79. The Morgan fingerprint density at radius 1 is 0.615 bits per heavy atom. The highest BCUT2D eigenvalue weighted by Gasteiger charge is 2.22. The van der Waals surface area contributed by atoms with Crippen molar-refractivity contribution in [2.24, 2.45) is 0 Å². The number of hydrogen-bond donors (Lipinski definition) is 8. The van der Waals surface area contributed by atoms with E-state index in [2.05, 4.69) is 0 Å². The first-order valence-electron chi connectivity index (χ1n) is 13.9. The monoisotopic (exact) mass is 751 g/mol. The first kappa shape index (κ1) is 44.4. The lowest BCUT2D eigenvalue weighted by Crippen LogP contribution is -2.30. The van der Waals surface area contributed by atoms with Crippen molar-refractivity contribution in [2.45, 2.75) is 12.8 Å². The molecule has 0 amide bonds. The van der Waals surface area contributed by atoms with Crippen molar-refractivity contribution in [3.63, 3.8) is 0 Å². The Kier molecular flexibility index (Phi) is 17.8. The van der Waals surface area contributed by atoms with Gasteiger partial charge in [0.25, 0.3) is 22.3 Å². The van der Waals surface area contributed by atoms with Gasteiger partial charge in [-0.15, -0.1) is 0 Å². The molecule has 0 aliphatic heterocycles. The van der Waals surface area contributed by atoms with Crippen LogP contribution in [-0.4, -0.2) is 113 Å². The molecule has 3 rings (SSSR count). The van der Waals surface area contributed by atoms with E-state index in [-0.39, 0.29) is 52.5 Å². The molecule has 3 aromatic rings. The molecule has 8 N–H and O–H groups in total. The maximum atomic E-state index is 11.9. The van der Waals surface area contributed by atoms with E-state index in [9.17, 15) is 49.5 Å². The van der Waals surface area contributed by atoms with Crippen LogP contribution in [0.4, 0.5) is 17.1 Å². The zero-order valence-electron chi connectivity index (χ0n) is 26.0. The van der Waals surface area contributed by atoms with E-state index in [1.54, 1.807) is 0 Å². The van der Waals surface area contributed by atoms with Crippen LogP contribution in [0.3, 0.4) is 0 Å². The predicted molar refractivity (Wildman–Crippen MR) is 178 cm³/mol. The van der Waals surface area contributed by atoms with Crippen molar-refractivity contribution < 1.29 is 79.0 Å². The van der Waals surface area contributed by atoms with Crippen LogP contribution in [0.2, 0.25) is 0 Å². The minimum atomic E-state index is -1.94. The van der Waals surface area contributed by atoms with E-state index >= 15 is 0 Å². The number of aromatic carboxylic acids is 1. The fraction of sp³-hybridized carbons (Fsp3) is 0.154. The Hall–Kier alpha value is -5.66. The van der Waals surface area contributed by atoms with Crippen LogP contribution in [0.5, 0.6) is 0 Å². The molecular weight excluding hydrogens is 726 g/mol. The number of aliphatic carboxylic acids is 1. The molecule has 26 heteroatoms. The number of rotatable bonds is 15. The first-order chi connectivity index (χ1) is 24.1. The SMILES string of the molecule is O=C(Cl)c1cc(B(O)O)cc([N+](=O)[O-])c1.O=C(O)COCCCC(=O)c1cc(B(O)O)cc([N+](=O)[O-])c1.O=C(O)c1cc(B(O)O)cc([N+](=O)[O-])c1. The van der Waals surface area contributed by atoms with Crippen LogP contribution in [0.15, 0.2) is 54.6 Å². The maximum absolute atomic E-state index is 11.9. The number of ether oxygens (including phenoxy) is 1. The van der Waals surface area contributed by atoms with Gasteiger partial charge in [-0.05, 0) is 46.5 Å². The number of nitrogens with zero attached hydrogens (tertiary/aromatic N) is 3. The summed E-state index contributed by atoms with van der Waals surface area (Å²) >= 11 is 5.13. The van der Waals surface area contributed by atoms with Crippen molar-refractivity contribution in [1.82, 2.24) is 0 Å². The number of benzene rings is 3. The van der Waals surface area contributed by atoms with Crippen molar-refractivity contribution in [3.05, 3.63) is 102 Å². The van der Waals surface area contributed by atoms with Crippen molar-refractivity contribution in [1.29, 1.82) is 0 Å². The first-order valence-corrected chi connectivity index (χ1v) is 14.2. The van der Waals surface area contributed by atoms with Crippen molar-refractivity contribution in [3.8, 4) is 0 Å². The molecule has 0 radical (unpaired) electrons. The Balaban J connectivity index is 0.000000401. The van der Waals surface area contributed by atoms with E-state index in [1.807, 2.05) is 0 Å². The second-order valence-electron chi connectivity index (χ2n) is 9.88. The predicted octanol–water partition coefficient (Wildman–Crippen LogP) is -2.03. The number of non-ortho nitro benzene ring substituents is 3. The van der Waals surface area contributed by atoms with Crippen molar-refractivity contribution >= 4 is 89.4 Å². The van der Waals surface area contributed by atoms with Crippen molar-refractivity contribution in [2.75, 3.05) is 13.2 Å². The van der Waals surface area contributed by atoms with E-state index < -0.39 is 82.8 Å². The summed E-state index contributed by atoms with van der Waals surface area (Å²) in [6.45, 7) is -0.408. The second kappa shape index (κ2) is 20.9. The molecule has 22 nitrogen and oxygen atoms in total. The molecule has 0 spiro atoms. The molecule has 0 atom stereocenters. The zero-order valence-corrected chi connectivity index (χ0v) is 26.8. The van der Waals surface area contributed by atoms with Crippen LogP contribution in [0.25, 0.3) is 0 Å². The van der Waals surface area contributed by atoms with E-state index in [0.29, 0.717) is 0 Å². The Morgan fingerprint density at radius 2 is 0.981 bits per heavy atom. The minimum absolute atomic E-state index is 0.0122. The van der Waals surface area contributed by atoms with Crippen LogP contribution in [-0.2, 0) is 9.53 Å². The summed E-state index contributed by atoms with van der Waals surface area (Å²) in [5.41, 5.74) is -2.44. The van der Waals surface area contributed by atoms with Gasteiger partial charge in [0, 0.05) is 60.6 Å². The molecule has 0 heterocycles. The van der Waals surface area contributed by atoms with E-state index in [0.717, 1.165) is 54.6 Å². The number of Topliss-reactive ketones (excluding diaryl/α,β-unsaturated/α-hetero) is 1. The summed E-state index contributed by atoms with van der Waals surface area (Å²) in [5.74, 6) is -2.93. The lowest BCUT2D eigenvalue weighted by molar-refractivity contribution is -0.385. The molecule has 0 saturated heterocycles. The molecule has 0 fully saturated rings. The third-order valence-electron chi connectivity index (χ3n) is 6.06. The standard InChI is InChI=1S/C12H14BNO8.C7H5BClNO5.C7H6BNO6/c15-11(2-1-3-22-7-12(16)17)8-4-9(13(18)19)6-10(5-8)14(20)21;9-7(11)4-1-5(8(12)13)3-6(2-4)10(14)15;10-7(11)4-1-5(8(12)13)3-6(2-4)9(14)15/h4-6,18-19H,1-3,7H2,(H,16,17);1-3,12-13H;1-3,12-13H,(H,10,11). The Bertz CT molecular complexity index is 1680. The second-order valence-corrected chi connectivity index (χ2v) is 10.2.